The van der Waals surface area contributed by atoms with Crippen molar-refractivity contribution in [1.82, 2.24) is 9.97 Å². The molecule has 6 nitrogen and oxygen atoms in total. The van der Waals surface area contributed by atoms with Gasteiger partial charge in [0.15, 0.2) is 5.69 Å². The van der Waals surface area contributed by atoms with Gasteiger partial charge in [-0.1, -0.05) is 0 Å². The molecule has 0 saturated heterocycles. The van der Waals surface area contributed by atoms with Gasteiger partial charge in [0.05, 0.1) is 5.56 Å². The normalized spacial score (nSPS) is 11.3. The maximum absolute atomic E-state index is 12.4. The number of carboxylic acid groups (broad SMARTS) is 1. The molecule has 0 saturated carbocycles. The summed E-state index contributed by atoms with van der Waals surface area (Å²) in [5.41, 5.74) is -1.38. The van der Waals surface area contributed by atoms with Crippen LogP contribution in [0.3, 0.4) is 0 Å². The summed E-state index contributed by atoms with van der Waals surface area (Å²) in [5.74, 6) is -1.76. The van der Waals surface area contributed by atoms with Crippen LogP contribution in [0.1, 0.15) is 16.1 Å². The van der Waals surface area contributed by atoms with Crippen molar-refractivity contribution < 1.29 is 32.2 Å². The molecule has 2 heterocycles. The molecule has 0 aliphatic rings. The molecule has 19 heavy (non-hydrogen) atoms. The lowest BCUT2D eigenvalue weighted by Crippen LogP contribution is -2.05. The lowest BCUT2D eigenvalue weighted by Gasteiger charge is -2.06. The van der Waals surface area contributed by atoms with Gasteiger partial charge in [-0.25, -0.2) is 9.78 Å². The second-order valence-corrected chi connectivity index (χ2v) is 3.29. The topological polar surface area (TPSA) is 85.5 Å². The largest absolute Gasteiger partial charge is 0.476 e. The molecule has 0 atom stereocenters. The Hall–Kier alpha value is -2.58. The summed E-state index contributed by atoms with van der Waals surface area (Å²) < 4.78 is 46.7. The van der Waals surface area contributed by atoms with Crippen molar-refractivity contribution in [3.63, 3.8) is 0 Å². The number of carboxylic acids is 1. The zero-order valence-electron chi connectivity index (χ0n) is 9.01. The average molecular weight is 274 g/mol. The summed E-state index contributed by atoms with van der Waals surface area (Å²) in [6.07, 6.45) is -3.35. The first kappa shape index (κ1) is 12.9. The second kappa shape index (κ2) is 4.59. The van der Waals surface area contributed by atoms with Crippen molar-refractivity contribution in [3.05, 3.63) is 35.9 Å². The molecule has 0 amide bonds. The molecule has 2 aromatic rings. The van der Waals surface area contributed by atoms with E-state index in [4.69, 9.17) is 9.84 Å². The Balaban J connectivity index is 2.21. The van der Waals surface area contributed by atoms with Gasteiger partial charge in [-0.2, -0.15) is 18.2 Å². The van der Waals surface area contributed by atoms with E-state index in [1.165, 1.54) is 0 Å². The van der Waals surface area contributed by atoms with Crippen LogP contribution < -0.4 is 4.74 Å². The number of nitrogens with zero attached hydrogens (tertiary/aromatic N) is 2. The molecule has 100 valence electrons. The molecule has 0 radical (unpaired) electrons. The van der Waals surface area contributed by atoms with E-state index in [1.54, 1.807) is 0 Å². The van der Waals surface area contributed by atoms with Crippen LogP contribution in [-0.4, -0.2) is 21.0 Å². The minimum absolute atomic E-state index is 0.409. The predicted molar refractivity (Wildman–Crippen MR) is 52.8 cm³/mol. The van der Waals surface area contributed by atoms with E-state index in [9.17, 15) is 18.0 Å². The highest BCUT2D eigenvalue weighted by Gasteiger charge is 2.31. The SMILES string of the molecule is O=C(O)c1coc(Oc2cc(C(F)(F)F)ccn2)n1. The highest BCUT2D eigenvalue weighted by atomic mass is 19.4. The van der Waals surface area contributed by atoms with E-state index in [0.717, 1.165) is 18.5 Å². The van der Waals surface area contributed by atoms with Gasteiger partial charge in [0.2, 0.25) is 5.88 Å². The zero-order valence-corrected chi connectivity index (χ0v) is 9.01. The predicted octanol–water partition coefficient (Wildman–Crippen LogP) is 2.58. The quantitative estimate of drug-likeness (QED) is 0.925. The van der Waals surface area contributed by atoms with Gasteiger partial charge in [-0.05, 0) is 6.07 Å². The number of ether oxygens (including phenoxy) is 1. The molecule has 0 spiro atoms. The molecule has 0 unspecified atom stereocenters. The highest BCUT2D eigenvalue weighted by molar-refractivity contribution is 5.84. The Kier molecular flexibility index (Phi) is 3.11. The highest BCUT2D eigenvalue weighted by Crippen LogP contribution is 2.31. The van der Waals surface area contributed by atoms with E-state index in [2.05, 4.69) is 14.4 Å². The van der Waals surface area contributed by atoms with Gasteiger partial charge < -0.3 is 14.3 Å². The fourth-order valence-corrected chi connectivity index (χ4v) is 1.13. The Morgan fingerprint density at radius 3 is 2.74 bits per heavy atom. The van der Waals surface area contributed by atoms with Crippen LogP contribution in [0.4, 0.5) is 13.2 Å². The van der Waals surface area contributed by atoms with E-state index in [1.807, 2.05) is 0 Å². The lowest BCUT2D eigenvalue weighted by molar-refractivity contribution is -0.137. The first-order chi connectivity index (χ1) is 8.86. The number of aromatic carboxylic acids is 1. The number of carbonyl (C=O) groups is 1. The summed E-state index contributed by atoms with van der Waals surface area (Å²) in [4.78, 5) is 17.4. The standard InChI is InChI=1S/C10H5F3N2O4/c11-10(12,13)5-1-2-14-7(3-5)19-9-15-6(4-18-9)8(16)17/h1-4H,(H,16,17). The van der Waals surface area contributed by atoms with Crippen molar-refractivity contribution in [2.24, 2.45) is 0 Å². The van der Waals surface area contributed by atoms with Gasteiger partial charge in [0.25, 0.3) is 0 Å². The average Bonchev–Trinajstić information content (AvgIpc) is 2.77. The number of hydrogen-bond donors (Lipinski definition) is 1. The van der Waals surface area contributed by atoms with Crippen LogP contribution in [0.5, 0.6) is 12.0 Å². The Morgan fingerprint density at radius 1 is 1.42 bits per heavy atom. The summed E-state index contributed by atoms with van der Waals surface area (Å²) in [6.45, 7) is 0. The first-order valence-corrected chi connectivity index (χ1v) is 4.76. The lowest BCUT2D eigenvalue weighted by atomic mass is 10.2. The third-order valence-corrected chi connectivity index (χ3v) is 1.96. The van der Waals surface area contributed by atoms with Crippen LogP contribution in [0.2, 0.25) is 0 Å². The minimum atomic E-state index is -4.54. The molecular weight excluding hydrogens is 269 g/mol. The third kappa shape index (κ3) is 3.00. The molecule has 2 rings (SSSR count). The first-order valence-electron chi connectivity index (χ1n) is 4.76. The third-order valence-electron chi connectivity index (χ3n) is 1.96. The molecule has 0 bridgehead atoms. The maximum Gasteiger partial charge on any atom is 0.416 e. The van der Waals surface area contributed by atoms with Crippen molar-refractivity contribution >= 4 is 5.97 Å². The molecule has 9 heteroatoms. The molecule has 0 aromatic carbocycles. The zero-order chi connectivity index (χ0) is 14.0. The summed E-state index contributed by atoms with van der Waals surface area (Å²) in [7, 11) is 0. The van der Waals surface area contributed by atoms with Crippen molar-refractivity contribution in [1.29, 1.82) is 0 Å². The van der Waals surface area contributed by atoms with Crippen LogP contribution in [0, 0.1) is 0 Å². The summed E-state index contributed by atoms with van der Waals surface area (Å²) in [5, 5.41) is 8.57. The number of rotatable bonds is 3. The van der Waals surface area contributed by atoms with Crippen LogP contribution in [0.15, 0.2) is 29.0 Å². The Bertz CT molecular complexity index is 609. The minimum Gasteiger partial charge on any atom is -0.476 e. The molecule has 0 aliphatic carbocycles. The van der Waals surface area contributed by atoms with Crippen LogP contribution >= 0.6 is 0 Å². The number of hydrogen-bond acceptors (Lipinski definition) is 5. The van der Waals surface area contributed by atoms with Gasteiger partial charge >= 0.3 is 18.2 Å². The van der Waals surface area contributed by atoms with Gasteiger partial charge in [0.1, 0.15) is 6.26 Å². The Labute approximate surface area is 103 Å². The smallest absolute Gasteiger partial charge is 0.416 e. The molecular formula is C10H5F3N2O4. The maximum atomic E-state index is 12.4. The van der Waals surface area contributed by atoms with Crippen molar-refractivity contribution in [2.75, 3.05) is 0 Å². The van der Waals surface area contributed by atoms with E-state index in [0.29, 0.717) is 6.07 Å². The number of oxazole rings is 1. The van der Waals surface area contributed by atoms with Gasteiger partial charge in [0, 0.05) is 12.3 Å². The number of alkyl halides is 3. The molecule has 1 N–H and O–H groups in total. The van der Waals surface area contributed by atoms with Crippen molar-refractivity contribution in [2.45, 2.75) is 6.18 Å². The van der Waals surface area contributed by atoms with Crippen molar-refractivity contribution in [3.8, 4) is 12.0 Å². The summed E-state index contributed by atoms with van der Waals surface area (Å²) in [6, 6.07) is 1.41. The Morgan fingerprint density at radius 2 is 2.16 bits per heavy atom. The fraction of sp³-hybridized carbons (Fsp3) is 0.100. The number of halogens is 3. The van der Waals surface area contributed by atoms with Crippen LogP contribution in [-0.2, 0) is 6.18 Å². The molecule has 0 fully saturated rings. The fourth-order valence-electron chi connectivity index (χ4n) is 1.13. The van der Waals surface area contributed by atoms with Crippen LogP contribution in [0.25, 0.3) is 0 Å². The van der Waals surface area contributed by atoms with E-state index >= 15 is 0 Å². The molecule has 0 aliphatic heterocycles. The number of aromatic nitrogens is 2. The summed E-state index contributed by atoms with van der Waals surface area (Å²) >= 11 is 0. The van der Waals surface area contributed by atoms with E-state index in [-0.39, 0.29) is 0 Å². The second-order valence-electron chi connectivity index (χ2n) is 3.29. The van der Waals surface area contributed by atoms with Gasteiger partial charge in [-0.15, -0.1) is 0 Å². The monoisotopic (exact) mass is 274 g/mol. The number of pyridine rings is 1. The van der Waals surface area contributed by atoms with E-state index < -0.39 is 35.4 Å². The molecule has 2 aromatic heterocycles. The van der Waals surface area contributed by atoms with Gasteiger partial charge in [-0.3, -0.25) is 0 Å².